The summed E-state index contributed by atoms with van der Waals surface area (Å²) in [7, 11) is 0. The van der Waals surface area contributed by atoms with E-state index in [2.05, 4.69) is 10.3 Å². The average Bonchev–Trinajstić information content (AvgIpc) is 2.75. The lowest BCUT2D eigenvalue weighted by atomic mass is 10.2. The van der Waals surface area contributed by atoms with E-state index in [0.717, 1.165) is 0 Å². The van der Waals surface area contributed by atoms with Crippen molar-refractivity contribution in [2.24, 2.45) is 0 Å². The third-order valence-corrected chi connectivity index (χ3v) is 2.74. The molecule has 0 saturated heterocycles. The van der Waals surface area contributed by atoms with Gasteiger partial charge in [-0.1, -0.05) is 31.5 Å². The highest BCUT2D eigenvalue weighted by Crippen LogP contribution is 2.30. The largest absolute Gasteiger partial charge is 0.439 e. The van der Waals surface area contributed by atoms with Gasteiger partial charge in [-0.25, -0.2) is 9.37 Å². The predicted molar refractivity (Wildman–Crippen MR) is 68.9 cm³/mol. The smallest absolute Gasteiger partial charge is 0.208 e. The van der Waals surface area contributed by atoms with Crippen molar-refractivity contribution >= 4 is 11.6 Å². The Morgan fingerprint density at radius 1 is 1.44 bits per heavy atom. The number of halogens is 2. The van der Waals surface area contributed by atoms with Crippen molar-refractivity contribution in [1.29, 1.82) is 0 Å². The molecule has 3 nitrogen and oxygen atoms in total. The molecule has 0 unspecified atom stereocenters. The molecule has 0 amide bonds. The van der Waals surface area contributed by atoms with Crippen LogP contribution in [0.1, 0.15) is 19.7 Å². The van der Waals surface area contributed by atoms with Crippen LogP contribution in [0.15, 0.2) is 28.8 Å². The summed E-state index contributed by atoms with van der Waals surface area (Å²) >= 11 is 5.96. The summed E-state index contributed by atoms with van der Waals surface area (Å²) in [5.74, 6) is 0.443. The molecule has 1 N–H and O–H groups in total. The van der Waals surface area contributed by atoms with E-state index in [4.69, 9.17) is 16.0 Å². The van der Waals surface area contributed by atoms with Gasteiger partial charge in [0.2, 0.25) is 5.89 Å². The van der Waals surface area contributed by atoms with Gasteiger partial charge in [0.25, 0.3) is 0 Å². The molecule has 1 heterocycles. The number of nitrogens with zero attached hydrogens (tertiary/aromatic N) is 1. The standard InChI is InChI=1S/C13H14ClFN2O/c1-8(2)16-7-12-17-6-11(18-12)13-9(14)4-3-5-10(13)15/h3-6,8,16H,7H2,1-2H3. The van der Waals surface area contributed by atoms with E-state index in [1.165, 1.54) is 12.3 Å². The van der Waals surface area contributed by atoms with Crippen LogP contribution in [0.3, 0.4) is 0 Å². The lowest BCUT2D eigenvalue weighted by molar-refractivity contribution is 0.457. The van der Waals surface area contributed by atoms with Crippen LogP contribution in [0.2, 0.25) is 5.02 Å². The van der Waals surface area contributed by atoms with Gasteiger partial charge in [0.05, 0.1) is 23.3 Å². The molecule has 0 bridgehead atoms. The van der Waals surface area contributed by atoms with Gasteiger partial charge >= 0.3 is 0 Å². The molecule has 2 rings (SSSR count). The number of benzene rings is 1. The molecule has 5 heteroatoms. The third-order valence-electron chi connectivity index (χ3n) is 2.42. The fourth-order valence-electron chi connectivity index (χ4n) is 1.53. The highest BCUT2D eigenvalue weighted by atomic mass is 35.5. The first kappa shape index (κ1) is 13.1. The number of hydrogen-bond donors (Lipinski definition) is 1. The number of hydrogen-bond acceptors (Lipinski definition) is 3. The van der Waals surface area contributed by atoms with Crippen LogP contribution in [0.25, 0.3) is 11.3 Å². The number of nitrogens with one attached hydrogen (secondary N) is 1. The van der Waals surface area contributed by atoms with Crippen LogP contribution in [-0.2, 0) is 6.54 Å². The summed E-state index contributed by atoms with van der Waals surface area (Å²) in [6.45, 7) is 4.55. The SMILES string of the molecule is CC(C)NCc1ncc(-c2c(F)cccc2Cl)o1. The zero-order chi connectivity index (χ0) is 13.1. The van der Waals surface area contributed by atoms with E-state index in [0.29, 0.717) is 29.3 Å². The van der Waals surface area contributed by atoms with Crippen LogP contribution < -0.4 is 5.32 Å². The molecule has 0 saturated carbocycles. The van der Waals surface area contributed by atoms with Crippen molar-refractivity contribution in [2.45, 2.75) is 26.4 Å². The van der Waals surface area contributed by atoms with Gasteiger partial charge in [0.1, 0.15) is 5.82 Å². The average molecular weight is 269 g/mol. The summed E-state index contributed by atoms with van der Waals surface area (Å²) in [4.78, 5) is 4.09. The number of aromatic nitrogens is 1. The molecule has 1 aromatic carbocycles. The Balaban J connectivity index is 2.24. The lowest BCUT2D eigenvalue weighted by Gasteiger charge is -2.04. The molecule has 0 radical (unpaired) electrons. The second-order valence-electron chi connectivity index (χ2n) is 4.25. The molecule has 0 aliphatic rings. The predicted octanol–water partition coefficient (Wildman–Crippen LogP) is 3.63. The monoisotopic (exact) mass is 268 g/mol. The Labute approximate surface area is 110 Å². The molecule has 0 aliphatic carbocycles. The highest BCUT2D eigenvalue weighted by Gasteiger charge is 2.14. The number of oxazole rings is 1. The van der Waals surface area contributed by atoms with Gasteiger partial charge in [-0.3, -0.25) is 0 Å². The van der Waals surface area contributed by atoms with Gasteiger partial charge in [-0.15, -0.1) is 0 Å². The molecule has 0 spiro atoms. The fraction of sp³-hybridized carbons (Fsp3) is 0.308. The second-order valence-corrected chi connectivity index (χ2v) is 4.66. The Hall–Kier alpha value is -1.39. The fourth-order valence-corrected chi connectivity index (χ4v) is 1.79. The summed E-state index contributed by atoms with van der Waals surface area (Å²) in [6.07, 6.45) is 1.49. The maximum absolute atomic E-state index is 13.7. The molecular weight excluding hydrogens is 255 g/mol. The quantitative estimate of drug-likeness (QED) is 0.920. The van der Waals surface area contributed by atoms with E-state index in [1.54, 1.807) is 12.1 Å². The third kappa shape index (κ3) is 2.89. The van der Waals surface area contributed by atoms with Crippen LogP contribution in [-0.4, -0.2) is 11.0 Å². The van der Waals surface area contributed by atoms with E-state index >= 15 is 0 Å². The van der Waals surface area contributed by atoms with Crippen molar-refractivity contribution < 1.29 is 8.81 Å². The minimum atomic E-state index is -0.415. The molecular formula is C13H14ClFN2O. The molecule has 0 atom stereocenters. The molecule has 2 aromatic rings. The minimum absolute atomic E-state index is 0.252. The number of rotatable bonds is 4. The molecule has 18 heavy (non-hydrogen) atoms. The van der Waals surface area contributed by atoms with Crippen molar-refractivity contribution in [3.8, 4) is 11.3 Å². The highest BCUT2D eigenvalue weighted by molar-refractivity contribution is 6.33. The van der Waals surface area contributed by atoms with Gasteiger partial charge in [-0.2, -0.15) is 0 Å². The van der Waals surface area contributed by atoms with Crippen LogP contribution in [0, 0.1) is 5.82 Å². The normalized spacial score (nSPS) is 11.2. The Morgan fingerprint density at radius 2 is 2.22 bits per heavy atom. The Bertz CT molecular complexity index is 519. The summed E-state index contributed by atoms with van der Waals surface area (Å²) in [5, 5.41) is 3.49. The van der Waals surface area contributed by atoms with E-state index in [9.17, 15) is 4.39 Å². The van der Waals surface area contributed by atoms with E-state index < -0.39 is 5.82 Å². The summed E-state index contributed by atoms with van der Waals surface area (Å²) in [5.41, 5.74) is 0.252. The maximum Gasteiger partial charge on any atom is 0.208 e. The molecule has 0 fully saturated rings. The van der Waals surface area contributed by atoms with E-state index in [-0.39, 0.29) is 5.56 Å². The van der Waals surface area contributed by atoms with Crippen LogP contribution in [0.4, 0.5) is 4.39 Å². The minimum Gasteiger partial charge on any atom is -0.439 e. The zero-order valence-corrected chi connectivity index (χ0v) is 11.0. The summed E-state index contributed by atoms with van der Waals surface area (Å²) in [6, 6.07) is 4.85. The maximum atomic E-state index is 13.7. The topological polar surface area (TPSA) is 38.1 Å². The molecule has 1 aromatic heterocycles. The van der Waals surface area contributed by atoms with Crippen molar-refractivity contribution in [1.82, 2.24) is 10.3 Å². The lowest BCUT2D eigenvalue weighted by Crippen LogP contribution is -2.21. The van der Waals surface area contributed by atoms with Crippen LogP contribution in [0.5, 0.6) is 0 Å². The Morgan fingerprint density at radius 3 is 2.89 bits per heavy atom. The first-order valence-corrected chi connectivity index (χ1v) is 6.08. The van der Waals surface area contributed by atoms with Gasteiger partial charge in [-0.05, 0) is 12.1 Å². The Kier molecular flexibility index (Phi) is 3.99. The van der Waals surface area contributed by atoms with Crippen molar-refractivity contribution in [3.63, 3.8) is 0 Å². The van der Waals surface area contributed by atoms with E-state index in [1.807, 2.05) is 13.8 Å². The zero-order valence-electron chi connectivity index (χ0n) is 10.2. The first-order valence-electron chi connectivity index (χ1n) is 5.70. The molecule has 0 aliphatic heterocycles. The van der Waals surface area contributed by atoms with Gasteiger partial charge in [0.15, 0.2) is 5.76 Å². The van der Waals surface area contributed by atoms with Crippen molar-refractivity contribution in [2.75, 3.05) is 0 Å². The molecule has 96 valence electrons. The van der Waals surface area contributed by atoms with Crippen LogP contribution >= 0.6 is 11.6 Å². The van der Waals surface area contributed by atoms with Crippen molar-refractivity contribution in [3.05, 3.63) is 41.1 Å². The van der Waals surface area contributed by atoms with Gasteiger partial charge in [0, 0.05) is 6.04 Å². The second kappa shape index (κ2) is 5.50. The summed E-state index contributed by atoms with van der Waals surface area (Å²) < 4.78 is 19.2. The first-order chi connectivity index (χ1) is 8.58. The van der Waals surface area contributed by atoms with Gasteiger partial charge < -0.3 is 9.73 Å².